The van der Waals surface area contributed by atoms with E-state index in [0.717, 1.165) is 37.7 Å². The summed E-state index contributed by atoms with van der Waals surface area (Å²) in [5, 5.41) is 0. The lowest BCUT2D eigenvalue weighted by Gasteiger charge is -2.30. The van der Waals surface area contributed by atoms with E-state index in [1.807, 2.05) is 0 Å². The third-order valence-corrected chi connectivity index (χ3v) is 6.70. The zero-order valence-electron chi connectivity index (χ0n) is 18.1. The van der Waals surface area contributed by atoms with E-state index >= 15 is 0 Å². The molecule has 1 aliphatic carbocycles. The van der Waals surface area contributed by atoms with Crippen LogP contribution in [0.25, 0.3) is 0 Å². The predicted molar refractivity (Wildman–Crippen MR) is 113 cm³/mol. The van der Waals surface area contributed by atoms with E-state index in [1.165, 1.54) is 0 Å². The first-order valence-corrected chi connectivity index (χ1v) is 17.1. The Kier molecular flexibility index (Phi) is 8.04. The SMILES string of the molecule is C[Si](C)(C)OCC1(CCCCCC2=CC(O[Si](C)(C)C)CC2=O)OCCO1. The zero-order chi connectivity index (χ0) is 20.1. The normalized spacial score (nSPS) is 23.1. The Bertz CT molecular complexity index is 527. The van der Waals surface area contributed by atoms with Crippen molar-refractivity contribution >= 4 is 22.4 Å². The molecule has 2 rings (SSSR count). The van der Waals surface area contributed by atoms with Gasteiger partial charge in [-0.05, 0) is 70.2 Å². The van der Waals surface area contributed by atoms with Crippen molar-refractivity contribution in [2.24, 2.45) is 0 Å². The quantitative estimate of drug-likeness (QED) is 0.364. The maximum Gasteiger partial charge on any atom is 0.190 e. The Morgan fingerprint density at radius 3 is 2.30 bits per heavy atom. The average molecular weight is 415 g/mol. The molecule has 0 saturated carbocycles. The van der Waals surface area contributed by atoms with Crippen molar-refractivity contribution in [1.82, 2.24) is 0 Å². The summed E-state index contributed by atoms with van der Waals surface area (Å²) in [4.78, 5) is 12.2. The largest absolute Gasteiger partial charge is 0.412 e. The summed E-state index contributed by atoms with van der Waals surface area (Å²) in [6, 6.07) is 0. The highest BCUT2D eigenvalue weighted by atomic mass is 28.4. The summed E-state index contributed by atoms with van der Waals surface area (Å²) in [7, 11) is -3.19. The van der Waals surface area contributed by atoms with Gasteiger partial charge in [0.2, 0.25) is 0 Å². The van der Waals surface area contributed by atoms with E-state index in [2.05, 4.69) is 45.4 Å². The van der Waals surface area contributed by atoms with Gasteiger partial charge in [-0.25, -0.2) is 0 Å². The highest BCUT2D eigenvalue weighted by Gasteiger charge is 2.37. The Hall–Kier alpha value is -0.316. The number of unbranched alkanes of at least 4 members (excludes halogenated alkanes) is 2. The Balaban J connectivity index is 1.71. The average Bonchev–Trinajstić information content (AvgIpc) is 3.11. The number of hydrogen-bond donors (Lipinski definition) is 0. The van der Waals surface area contributed by atoms with Gasteiger partial charge in [-0.1, -0.05) is 6.42 Å². The number of allylic oxidation sites excluding steroid dienone is 1. The van der Waals surface area contributed by atoms with Crippen LogP contribution in [-0.2, 0) is 23.1 Å². The number of hydrogen-bond acceptors (Lipinski definition) is 5. The van der Waals surface area contributed by atoms with Gasteiger partial charge in [0.15, 0.2) is 28.2 Å². The van der Waals surface area contributed by atoms with Crippen molar-refractivity contribution in [2.45, 2.75) is 89.7 Å². The monoisotopic (exact) mass is 414 g/mol. The molecule has 0 N–H and O–H groups in total. The van der Waals surface area contributed by atoms with Gasteiger partial charge in [-0.15, -0.1) is 0 Å². The molecule has 0 aromatic heterocycles. The summed E-state index contributed by atoms with van der Waals surface area (Å²) in [6.45, 7) is 14.9. The molecule has 1 unspecified atom stereocenters. The minimum atomic E-state index is -1.60. The molecular weight excluding hydrogens is 376 g/mol. The minimum absolute atomic E-state index is 0.00133. The van der Waals surface area contributed by atoms with Crippen molar-refractivity contribution in [1.29, 1.82) is 0 Å². The summed E-state index contributed by atoms with van der Waals surface area (Å²) in [5.74, 6) is -0.292. The van der Waals surface area contributed by atoms with E-state index in [-0.39, 0.29) is 11.9 Å². The van der Waals surface area contributed by atoms with E-state index in [1.54, 1.807) is 0 Å². The molecule has 0 aromatic rings. The Morgan fingerprint density at radius 1 is 1.04 bits per heavy atom. The first kappa shape index (κ1) is 23.0. The predicted octanol–water partition coefficient (Wildman–Crippen LogP) is 4.65. The molecular formula is C20H38O5Si2. The lowest BCUT2D eigenvalue weighted by atomic mass is 10.0. The molecule has 0 radical (unpaired) electrons. The molecule has 0 aromatic carbocycles. The van der Waals surface area contributed by atoms with Gasteiger partial charge in [0, 0.05) is 12.8 Å². The molecule has 1 aliphatic heterocycles. The van der Waals surface area contributed by atoms with E-state index in [0.29, 0.717) is 26.2 Å². The van der Waals surface area contributed by atoms with Crippen LogP contribution in [-0.4, -0.2) is 54.1 Å². The van der Waals surface area contributed by atoms with Crippen LogP contribution in [0.3, 0.4) is 0 Å². The molecule has 2 aliphatic rings. The third kappa shape index (κ3) is 8.29. The van der Waals surface area contributed by atoms with Crippen molar-refractivity contribution < 1.29 is 23.1 Å². The van der Waals surface area contributed by atoms with Gasteiger partial charge >= 0.3 is 0 Å². The number of carbonyl (C=O) groups excluding carboxylic acids is 1. The van der Waals surface area contributed by atoms with Crippen molar-refractivity contribution in [3.8, 4) is 0 Å². The highest BCUT2D eigenvalue weighted by Crippen LogP contribution is 2.29. The van der Waals surface area contributed by atoms with Gasteiger partial charge in [0.1, 0.15) is 0 Å². The molecule has 0 amide bonds. The van der Waals surface area contributed by atoms with Crippen LogP contribution in [0.15, 0.2) is 11.6 Å². The van der Waals surface area contributed by atoms with Crippen LogP contribution in [0.1, 0.15) is 38.5 Å². The van der Waals surface area contributed by atoms with E-state index in [4.69, 9.17) is 18.3 Å². The maximum atomic E-state index is 12.2. The number of ketones is 1. The molecule has 0 spiro atoms. The maximum absolute atomic E-state index is 12.2. The molecule has 156 valence electrons. The second kappa shape index (κ2) is 9.45. The van der Waals surface area contributed by atoms with Crippen LogP contribution in [0.4, 0.5) is 0 Å². The van der Waals surface area contributed by atoms with Crippen LogP contribution < -0.4 is 0 Å². The molecule has 27 heavy (non-hydrogen) atoms. The third-order valence-electron chi connectivity index (χ3n) is 4.68. The van der Waals surface area contributed by atoms with Gasteiger partial charge in [-0.2, -0.15) is 0 Å². The van der Waals surface area contributed by atoms with Gasteiger partial charge in [0.05, 0.1) is 25.9 Å². The van der Waals surface area contributed by atoms with Crippen LogP contribution >= 0.6 is 0 Å². The first-order chi connectivity index (χ1) is 12.5. The van der Waals surface area contributed by atoms with Crippen molar-refractivity contribution in [2.75, 3.05) is 19.8 Å². The van der Waals surface area contributed by atoms with Crippen molar-refractivity contribution in [3.63, 3.8) is 0 Å². The standard InChI is InChI=1S/C20H38O5Si2/c1-26(2,3)24-16-20(22-12-13-23-20)11-9-7-8-10-17-14-18(15-19(17)21)25-27(4,5)6/h14,18H,7-13,15-16H2,1-6H3. The Labute approximate surface area is 167 Å². The fraction of sp³-hybridized carbons (Fsp3) is 0.850. The molecule has 7 heteroatoms. The summed E-state index contributed by atoms with van der Waals surface area (Å²) in [5.41, 5.74) is 0.961. The van der Waals surface area contributed by atoms with Gasteiger partial charge < -0.3 is 18.3 Å². The van der Waals surface area contributed by atoms with Gasteiger partial charge in [-0.3, -0.25) is 4.79 Å². The smallest absolute Gasteiger partial charge is 0.190 e. The van der Waals surface area contributed by atoms with Crippen LogP contribution in [0.2, 0.25) is 39.3 Å². The summed E-state index contributed by atoms with van der Waals surface area (Å²) >= 11 is 0. The second-order valence-corrected chi connectivity index (χ2v) is 18.6. The molecule has 0 bridgehead atoms. The lowest BCUT2D eigenvalue weighted by Crippen LogP contribution is -2.40. The zero-order valence-corrected chi connectivity index (χ0v) is 20.1. The first-order valence-electron chi connectivity index (χ1n) is 10.3. The van der Waals surface area contributed by atoms with Crippen molar-refractivity contribution in [3.05, 3.63) is 11.6 Å². The molecule has 1 fully saturated rings. The summed E-state index contributed by atoms with van der Waals surface area (Å²) in [6.07, 6.45) is 7.39. The number of Topliss-reactive ketones (excluding diaryl/α,β-unsaturated/α-hetero) is 1. The minimum Gasteiger partial charge on any atom is -0.412 e. The fourth-order valence-electron chi connectivity index (χ4n) is 3.45. The Morgan fingerprint density at radius 2 is 1.70 bits per heavy atom. The van der Waals surface area contributed by atoms with Crippen LogP contribution in [0.5, 0.6) is 0 Å². The fourth-order valence-corrected chi connectivity index (χ4v) is 5.17. The topological polar surface area (TPSA) is 54.0 Å². The van der Waals surface area contributed by atoms with Gasteiger partial charge in [0.25, 0.3) is 0 Å². The molecule has 5 nitrogen and oxygen atoms in total. The highest BCUT2D eigenvalue weighted by molar-refractivity contribution is 6.70. The summed E-state index contributed by atoms with van der Waals surface area (Å²) < 4.78 is 23.9. The second-order valence-electron chi connectivity index (χ2n) is 9.66. The molecule has 1 atom stereocenters. The number of ether oxygens (including phenoxy) is 2. The lowest BCUT2D eigenvalue weighted by molar-refractivity contribution is -0.183. The molecule has 1 saturated heterocycles. The van der Waals surface area contributed by atoms with E-state index < -0.39 is 22.4 Å². The number of carbonyl (C=O) groups is 1. The van der Waals surface area contributed by atoms with Crippen LogP contribution in [0, 0.1) is 0 Å². The molecule has 1 heterocycles. The number of rotatable bonds is 11. The van der Waals surface area contributed by atoms with E-state index in [9.17, 15) is 4.79 Å².